The molecule has 4 aromatic rings. The van der Waals surface area contributed by atoms with Crippen LogP contribution in [0.2, 0.25) is 0 Å². The first-order chi connectivity index (χ1) is 14.6. The van der Waals surface area contributed by atoms with E-state index in [9.17, 15) is 4.79 Å². The van der Waals surface area contributed by atoms with Crippen LogP contribution in [0.25, 0.3) is 28.0 Å². The van der Waals surface area contributed by atoms with Crippen molar-refractivity contribution in [3.05, 3.63) is 43.2 Å². The molecule has 0 saturated carbocycles. The van der Waals surface area contributed by atoms with E-state index in [4.69, 9.17) is 9.72 Å². The van der Waals surface area contributed by atoms with Crippen LogP contribution in [0.3, 0.4) is 0 Å². The van der Waals surface area contributed by atoms with E-state index in [0.717, 1.165) is 28.0 Å². The summed E-state index contributed by atoms with van der Waals surface area (Å²) >= 11 is 0. The van der Waals surface area contributed by atoms with Crippen LogP contribution in [0.15, 0.2) is 43.2 Å². The van der Waals surface area contributed by atoms with E-state index >= 15 is 0 Å². The van der Waals surface area contributed by atoms with Crippen molar-refractivity contribution in [1.82, 2.24) is 39.5 Å². The van der Waals surface area contributed by atoms with E-state index in [0.29, 0.717) is 19.7 Å². The molecule has 0 radical (unpaired) electrons. The van der Waals surface area contributed by atoms with Gasteiger partial charge in [-0.05, 0) is 13.0 Å². The van der Waals surface area contributed by atoms with Crippen LogP contribution in [0.5, 0.6) is 0 Å². The molecule has 4 aromatic heterocycles. The van der Waals surface area contributed by atoms with Gasteiger partial charge in [-0.15, -0.1) is 0 Å². The average Bonchev–Trinajstić information content (AvgIpc) is 3.44. The second-order valence-corrected chi connectivity index (χ2v) is 7.52. The highest BCUT2D eigenvalue weighted by molar-refractivity contribution is 5.78. The summed E-state index contributed by atoms with van der Waals surface area (Å²) in [4.78, 5) is 17.0. The number of hydrogen-bond acceptors (Lipinski definition) is 7. The first-order valence-corrected chi connectivity index (χ1v) is 9.83. The number of ether oxygens (including phenoxy) is 1. The molecule has 0 bridgehead atoms. The second-order valence-electron chi connectivity index (χ2n) is 7.52. The summed E-state index contributed by atoms with van der Waals surface area (Å²) < 4.78 is 10.6. The number of carbonyl (C=O) groups is 1. The molecule has 1 N–H and O–H groups in total. The Morgan fingerprint density at radius 1 is 1.17 bits per heavy atom. The Morgan fingerprint density at radius 2 is 2.00 bits per heavy atom. The maximum absolute atomic E-state index is 12.1. The monoisotopic (exact) mass is 406 g/mol. The SMILES string of the molecule is CCOC(=O)CC1(n2cc(-c3nc(-c4cnn(C)c4)cn4nccc34)cn2)CNC1. The van der Waals surface area contributed by atoms with Crippen molar-refractivity contribution in [2.75, 3.05) is 19.7 Å². The number of carbonyl (C=O) groups excluding carboxylic acids is 1. The number of nitrogens with zero attached hydrogens (tertiary/aromatic N) is 7. The van der Waals surface area contributed by atoms with E-state index in [2.05, 4.69) is 20.6 Å². The zero-order valence-corrected chi connectivity index (χ0v) is 16.8. The predicted octanol–water partition coefficient (Wildman–Crippen LogP) is 1.24. The van der Waals surface area contributed by atoms with Crippen molar-refractivity contribution >= 4 is 11.5 Å². The topological polar surface area (TPSA) is 104 Å². The summed E-state index contributed by atoms with van der Waals surface area (Å²) in [5.74, 6) is -0.217. The van der Waals surface area contributed by atoms with Crippen molar-refractivity contribution in [2.45, 2.75) is 18.9 Å². The molecule has 0 amide bonds. The largest absolute Gasteiger partial charge is 0.466 e. The summed E-state index contributed by atoms with van der Waals surface area (Å²) in [6, 6.07) is 1.92. The Bertz CT molecular complexity index is 1220. The van der Waals surface area contributed by atoms with Gasteiger partial charge < -0.3 is 10.1 Å². The van der Waals surface area contributed by atoms with Crippen LogP contribution in [0, 0.1) is 0 Å². The molecule has 0 aliphatic carbocycles. The molecule has 0 spiro atoms. The third-order valence-electron chi connectivity index (χ3n) is 5.42. The van der Waals surface area contributed by atoms with E-state index in [1.54, 1.807) is 27.8 Å². The molecule has 1 saturated heterocycles. The van der Waals surface area contributed by atoms with Gasteiger partial charge >= 0.3 is 5.97 Å². The lowest BCUT2D eigenvalue weighted by Crippen LogP contribution is -2.61. The number of nitrogens with one attached hydrogen (secondary N) is 1. The zero-order valence-electron chi connectivity index (χ0n) is 16.8. The van der Waals surface area contributed by atoms with Crippen LogP contribution in [0.1, 0.15) is 13.3 Å². The second kappa shape index (κ2) is 7.06. The summed E-state index contributed by atoms with van der Waals surface area (Å²) in [6.45, 7) is 3.51. The smallest absolute Gasteiger partial charge is 0.308 e. The Labute approximate surface area is 172 Å². The fourth-order valence-corrected chi connectivity index (χ4v) is 3.80. The molecule has 30 heavy (non-hydrogen) atoms. The van der Waals surface area contributed by atoms with Gasteiger partial charge in [-0.3, -0.25) is 14.2 Å². The Balaban J connectivity index is 1.54. The molecule has 10 nitrogen and oxygen atoms in total. The number of aromatic nitrogens is 7. The van der Waals surface area contributed by atoms with Gasteiger partial charge in [0.25, 0.3) is 0 Å². The molecule has 0 aromatic carbocycles. The molecular weight excluding hydrogens is 384 g/mol. The summed E-state index contributed by atoms with van der Waals surface area (Å²) in [5.41, 5.74) is 3.79. The first-order valence-electron chi connectivity index (χ1n) is 9.83. The minimum Gasteiger partial charge on any atom is -0.466 e. The highest BCUT2D eigenvalue weighted by atomic mass is 16.5. The van der Waals surface area contributed by atoms with Gasteiger partial charge in [0.15, 0.2) is 0 Å². The van der Waals surface area contributed by atoms with Gasteiger partial charge in [-0.1, -0.05) is 0 Å². The lowest BCUT2D eigenvalue weighted by Gasteiger charge is -2.42. The molecule has 10 heteroatoms. The van der Waals surface area contributed by atoms with Gasteiger partial charge in [0.2, 0.25) is 0 Å². The predicted molar refractivity (Wildman–Crippen MR) is 109 cm³/mol. The minimum atomic E-state index is -0.415. The summed E-state index contributed by atoms with van der Waals surface area (Å²) in [5, 5.41) is 16.5. The average molecular weight is 406 g/mol. The van der Waals surface area contributed by atoms with Gasteiger partial charge in [-0.25, -0.2) is 9.50 Å². The van der Waals surface area contributed by atoms with Crippen LogP contribution < -0.4 is 5.32 Å². The molecule has 0 unspecified atom stereocenters. The van der Waals surface area contributed by atoms with Gasteiger partial charge in [0.05, 0.1) is 60.3 Å². The number of hydrogen-bond donors (Lipinski definition) is 1. The Morgan fingerprint density at radius 3 is 2.70 bits per heavy atom. The molecular formula is C20H22N8O2. The highest BCUT2D eigenvalue weighted by Crippen LogP contribution is 2.31. The molecule has 5 heterocycles. The Hall–Kier alpha value is -3.53. The molecule has 1 aliphatic rings. The summed E-state index contributed by atoms with van der Waals surface area (Å²) in [7, 11) is 1.87. The van der Waals surface area contributed by atoms with E-state index in [1.807, 2.05) is 43.3 Å². The van der Waals surface area contributed by atoms with Gasteiger partial charge in [0, 0.05) is 43.7 Å². The van der Waals surface area contributed by atoms with Gasteiger partial charge in [0.1, 0.15) is 0 Å². The van der Waals surface area contributed by atoms with Crippen LogP contribution >= 0.6 is 0 Å². The quantitative estimate of drug-likeness (QED) is 0.481. The normalized spacial score (nSPS) is 15.3. The van der Waals surface area contributed by atoms with E-state index in [-0.39, 0.29) is 12.4 Å². The molecule has 1 fully saturated rings. The van der Waals surface area contributed by atoms with Crippen LogP contribution in [0.4, 0.5) is 0 Å². The molecule has 0 atom stereocenters. The first kappa shape index (κ1) is 18.5. The van der Waals surface area contributed by atoms with Crippen molar-refractivity contribution in [3.8, 4) is 22.5 Å². The van der Waals surface area contributed by atoms with Crippen molar-refractivity contribution in [3.63, 3.8) is 0 Å². The van der Waals surface area contributed by atoms with E-state index in [1.165, 1.54) is 0 Å². The number of esters is 1. The van der Waals surface area contributed by atoms with Crippen LogP contribution in [-0.4, -0.2) is 59.8 Å². The highest BCUT2D eigenvalue weighted by Gasteiger charge is 2.42. The summed E-state index contributed by atoms with van der Waals surface area (Å²) in [6.07, 6.45) is 11.3. The molecule has 154 valence electrons. The lowest BCUT2D eigenvalue weighted by molar-refractivity contribution is -0.146. The van der Waals surface area contributed by atoms with Crippen LogP contribution in [-0.2, 0) is 22.1 Å². The third-order valence-corrected chi connectivity index (χ3v) is 5.42. The van der Waals surface area contributed by atoms with Crippen molar-refractivity contribution in [2.24, 2.45) is 7.05 Å². The minimum absolute atomic E-state index is 0.217. The maximum Gasteiger partial charge on any atom is 0.308 e. The standard InChI is InChI=1S/C20H22N8O2/c1-3-30-18(29)6-20(12-21-13-20)28-10-15(8-24-28)19-17-4-5-22-27(17)11-16(25-19)14-7-23-26(2)9-14/h4-5,7-11,21H,3,6,12-13H2,1-2H3. The number of aryl methyl sites for hydroxylation is 1. The molecule has 1 aliphatic heterocycles. The lowest BCUT2D eigenvalue weighted by atomic mass is 9.89. The van der Waals surface area contributed by atoms with Crippen molar-refractivity contribution in [1.29, 1.82) is 0 Å². The fourth-order valence-electron chi connectivity index (χ4n) is 3.80. The van der Waals surface area contributed by atoms with Crippen molar-refractivity contribution < 1.29 is 9.53 Å². The fraction of sp³-hybridized carbons (Fsp3) is 0.350. The number of rotatable bonds is 6. The Kier molecular flexibility index (Phi) is 4.35. The molecule has 5 rings (SSSR count). The zero-order chi connectivity index (χ0) is 20.7. The van der Waals surface area contributed by atoms with E-state index < -0.39 is 5.54 Å². The number of fused-ring (bicyclic) bond motifs is 1. The van der Waals surface area contributed by atoms with Gasteiger partial charge in [-0.2, -0.15) is 15.3 Å². The maximum atomic E-state index is 12.1. The third kappa shape index (κ3) is 3.05.